The summed E-state index contributed by atoms with van der Waals surface area (Å²) in [7, 11) is 4.29. The number of hydrogen-bond acceptors (Lipinski definition) is 4. The zero-order chi connectivity index (χ0) is 13.8. The lowest BCUT2D eigenvalue weighted by atomic mass is 10.0. The molecule has 0 spiro atoms. The number of carbonyl (C=O) groups excluding carboxylic acids is 1. The van der Waals surface area contributed by atoms with Crippen LogP contribution >= 0.6 is 0 Å². The van der Waals surface area contributed by atoms with Crippen LogP contribution in [0, 0.1) is 0 Å². The van der Waals surface area contributed by atoms with E-state index in [1.807, 2.05) is 25.3 Å². The molecular formula is C15H23N3O. The Hall–Kier alpha value is -1.42. The Kier molecular flexibility index (Phi) is 4.53. The van der Waals surface area contributed by atoms with Crippen molar-refractivity contribution >= 4 is 11.5 Å². The van der Waals surface area contributed by atoms with Crippen molar-refractivity contribution in [3.63, 3.8) is 0 Å². The Bertz CT molecular complexity index is 422. The Morgan fingerprint density at radius 3 is 2.63 bits per heavy atom. The van der Waals surface area contributed by atoms with Crippen molar-refractivity contribution in [3.05, 3.63) is 24.0 Å². The highest BCUT2D eigenvalue weighted by Gasteiger charge is 2.21. The molecule has 19 heavy (non-hydrogen) atoms. The maximum absolute atomic E-state index is 11.6. The smallest absolute Gasteiger partial charge is 0.180 e. The molecule has 4 nitrogen and oxygen atoms in total. The van der Waals surface area contributed by atoms with Crippen LogP contribution < -0.4 is 4.90 Å². The van der Waals surface area contributed by atoms with E-state index in [1.165, 1.54) is 12.8 Å². The van der Waals surface area contributed by atoms with Crippen molar-refractivity contribution in [1.29, 1.82) is 0 Å². The SMILES string of the molecule is CCC(=O)c1ccc(N(C)C2CCN(C)CC2)cn1. The molecule has 104 valence electrons. The number of likely N-dealkylation sites (tertiary alicyclic amines) is 1. The zero-order valence-electron chi connectivity index (χ0n) is 12.1. The molecular weight excluding hydrogens is 238 g/mol. The van der Waals surface area contributed by atoms with Gasteiger partial charge in [0.2, 0.25) is 0 Å². The van der Waals surface area contributed by atoms with E-state index in [0.717, 1.165) is 18.8 Å². The number of carbonyl (C=O) groups is 1. The number of hydrogen-bond donors (Lipinski definition) is 0. The van der Waals surface area contributed by atoms with Crippen LogP contribution in [0.4, 0.5) is 5.69 Å². The molecule has 1 fully saturated rings. The van der Waals surface area contributed by atoms with Crippen LogP contribution in [0.15, 0.2) is 18.3 Å². The summed E-state index contributed by atoms with van der Waals surface area (Å²) in [6, 6.07) is 4.42. The maximum Gasteiger partial charge on any atom is 0.180 e. The van der Waals surface area contributed by atoms with E-state index in [4.69, 9.17) is 0 Å². The van der Waals surface area contributed by atoms with Crippen LogP contribution in [0.5, 0.6) is 0 Å². The summed E-state index contributed by atoms with van der Waals surface area (Å²) in [6.07, 6.45) is 4.70. The Morgan fingerprint density at radius 2 is 2.11 bits per heavy atom. The average Bonchev–Trinajstić information content (AvgIpc) is 2.46. The van der Waals surface area contributed by atoms with Crippen LogP contribution in [-0.4, -0.2) is 48.9 Å². The van der Waals surface area contributed by atoms with Gasteiger partial charge in [0.25, 0.3) is 0 Å². The third kappa shape index (κ3) is 3.32. The molecule has 0 aliphatic carbocycles. The number of rotatable bonds is 4. The van der Waals surface area contributed by atoms with Crippen molar-refractivity contribution in [3.8, 4) is 0 Å². The molecule has 1 saturated heterocycles. The van der Waals surface area contributed by atoms with Gasteiger partial charge in [-0.3, -0.25) is 9.78 Å². The molecule has 1 aliphatic heterocycles. The first kappa shape index (κ1) is 14.0. The van der Waals surface area contributed by atoms with Gasteiger partial charge in [-0.15, -0.1) is 0 Å². The number of piperidine rings is 1. The minimum Gasteiger partial charge on any atom is -0.370 e. The summed E-state index contributed by atoms with van der Waals surface area (Å²) in [5.41, 5.74) is 1.67. The molecule has 0 atom stereocenters. The molecule has 0 unspecified atom stereocenters. The summed E-state index contributed by atoms with van der Waals surface area (Å²) in [6.45, 7) is 4.16. The summed E-state index contributed by atoms with van der Waals surface area (Å²) in [5, 5.41) is 0. The normalized spacial score (nSPS) is 17.4. The molecule has 0 amide bonds. The van der Waals surface area contributed by atoms with Crippen LogP contribution in [0.25, 0.3) is 0 Å². The van der Waals surface area contributed by atoms with E-state index in [9.17, 15) is 4.79 Å². The van der Waals surface area contributed by atoms with E-state index in [-0.39, 0.29) is 5.78 Å². The predicted octanol–water partition coefficient (Wildman–Crippen LogP) is 2.20. The zero-order valence-corrected chi connectivity index (χ0v) is 12.1. The minimum atomic E-state index is 0.105. The minimum absolute atomic E-state index is 0.105. The number of aromatic nitrogens is 1. The third-order valence-electron chi connectivity index (χ3n) is 4.00. The monoisotopic (exact) mass is 261 g/mol. The van der Waals surface area contributed by atoms with E-state index in [0.29, 0.717) is 18.2 Å². The van der Waals surface area contributed by atoms with Crippen molar-refractivity contribution in [2.24, 2.45) is 0 Å². The maximum atomic E-state index is 11.6. The van der Waals surface area contributed by atoms with Gasteiger partial charge in [-0.1, -0.05) is 6.92 Å². The van der Waals surface area contributed by atoms with Crippen LogP contribution in [0.2, 0.25) is 0 Å². The van der Waals surface area contributed by atoms with Gasteiger partial charge in [-0.25, -0.2) is 0 Å². The van der Waals surface area contributed by atoms with Gasteiger partial charge >= 0.3 is 0 Å². The van der Waals surface area contributed by atoms with Crippen LogP contribution in [0.3, 0.4) is 0 Å². The Labute approximate surface area is 115 Å². The third-order valence-corrected chi connectivity index (χ3v) is 4.00. The lowest BCUT2D eigenvalue weighted by Crippen LogP contribution is -2.42. The van der Waals surface area contributed by atoms with Gasteiger partial charge < -0.3 is 9.80 Å². The van der Waals surface area contributed by atoms with Gasteiger partial charge in [0.05, 0.1) is 11.9 Å². The standard InChI is InChI=1S/C15H23N3O/c1-4-15(19)14-6-5-13(11-16-14)18(3)12-7-9-17(2)10-8-12/h5-6,11-12H,4,7-10H2,1-3H3. The second-order valence-electron chi connectivity index (χ2n) is 5.32. The first-order valence-corrected chi connectivity index (χ1v) is 7.02. The summed E-state index contributed by atoms with van der Waals surface area (Å²) in [5.74, 6) is 0.105. The molecule has 4 heteroatoms. The topological polar surface area (TPSA) is 36.4 Å². The van der Waals surface area contributed by atoms with Crippen molar-refractivity contribution < 1.29 is 4.79 Å². The van der Waals surface area contributed by atoms with Gasteiger partial charge in [0.15, 0.2) is 5.78 Å². The molecule has 0 radical (unpaired) electrons. The molecule has 0 aromatic carbocycles. The fourth-order valence-electron chi connectivity index (χ4n) is 2.53. The highest BCUT2D eigenvalue weighted by molar-refractivity contribution is 5.94. The number of pyridine rings is 1. The quantitative estimate of drug-likeness (QED) is 0.779. The summed E-state index contributed by atoms with van der Waals surface area (Å²) >= 11 is 0. The number of anilines is 1. The first-order valence-electron chi connectivity index (χ1n) is 7.02. The van der Waals surface area contributed by atoms with Gasteiger partial charge in [-0.05, 0) is 45.1 Å². The second kappa shape index (κ2) is 6.15. The van der Waals surface area contributed by atoms with E-state index >= 15 is 0 Å². The fraction of sp³-hybridized carbons (Fsp3) is 0.600. The number of nitrogens with zero attached hydrogens (tertiary/aromatic N) is 3. The largest absolute Gasteiger partial charge is 0.370 e. The molecule has 2 heterocycles. The van der Waals surface area contributed by atoms with Gasteiger partial charge in [0.1, 0.15) is 5.69 Å². The first-order chi connectivity index (χ1) is 9.11. The Morgan fingerprint density at radius 1 is 1.42 bits per heavy atom. The average molecular weight is 261 g/mol. The van der Waals surface area contributed by atoms with E-state index < -0.39 is 0 Å². The van der Waals surface area contributed by atoms with E-state index in [2.05, 4.69) is 28.9 Å². The molecule has 0 saturated carbocycles. The lowest BCUT2D eigenvalue weighted by molar-refractivity contribution is 0.0983. The van der Waals surface area contributed by atoms with Crippen LogP contribution in [-0.2, 0) is 0 Å². The number of Topliss-reactive ketones (excluding diaryl/α,β-unsaturated/α-hetero) is 1. The highest BCUT2D eigenvalue weighted by Crippen LogP contribution is 2.21. The summed E-state index contributed by atoms with van der Waals surface area (Å²) < 4.78 is 0. The second-order valence-corrected chi connectivity index (χ2v) is 5.32. The van der Waals surface area contributed by atoms with E-state index in [1.54, 1.807) is 0 Å². The van der Waals surface area contributed by atoms with Crippen molar-refractivity contribution in [2.45, 2.75) is 32.2 Å². The van der Waals surface area contributed by atoms with Crippen LogP contribution in [0.1, 0.15) is 36.7 Å². The Balaban J connectivity index is 2.03. The highest BCUT2D eigenvalue weighted by atomic mass is 16.1. The fourth-order valence-corrected chi connectivity index (χ4v) is 2.53. The number of ketones is 1. The molecule has 1 aromatic heterocycles. The summed E-state index contributed by atoms with van der Waals surface area (Å²) in [4.78, 5) is 20.5. The predicted molar refractivity (Wildman–Crippen MR) is 77.8 cm³/mol. The molecule has 1 aromatic rings. The van der Waals surface area contributed by atoms with Crippen molar-refractivity contribution in [2.75, 3.05) is 32.1 Å². The molecule has 2 rings (SSSR count). The molecule has 0 N–H and O–H groups in total. The van der Waals surface area contributed by atoms with Gasteiger partial charge in [0, 0.05) is 19.5 Å². The molecule has 0 bridgehead atoms. The van der Waals surface area contributed by atoms with Gasteiger partial charge in [-0.2, -0.15) is 0 Å². The molecule has 1 aliphatic rings. The van der Waals surface area contributed by atoms with Crippen molar-refractivity contribution in [1.82, 2.24) is 9.88 Å². The lowest BCUT2D eigenvalue weighted by Gasteiger charge is -2.36.